The predicted octanol–water partition coefficient (Wildman–Crippen LogP) is 4.83. The Kier molecular flexibility index (Phi) is 7.21. The minimum atomic E-state index is -0.975. The zero-order valence-electron chi connectivity index (χ0n) is 18.2. The first-order valence-electron chi connectivity index (χ1n) is 9.64. The fourth-order valence-electron chi connectivity index (χ4n) is 2.50. The number of carbonyl (C=O) groups is 3. The Hall–Kier alpha value is -3.35. The lowest BCUT2D eigenvalue weighted by molar-refractivity contribution is -0.123. The van der Waals surface area contributed by atoms with Gasteiger partial charge in [0.25, 0.3) is 5.91 Å². The Morgan fingerprint density at radius 1 is 0.933 bits per heavy atom. The lowest BCUT2D eigenvalue weighted by atomic mass is 10.1. The van der Waals surface area contributed by atoms with Crippen LogP contribution in [0.4, 0.5) is 16.2 Å². The van der Waals surface area contributed by atoms with Gasteiger partial charge in [-0.2, -0.15) is 0 Å². The number of rotatable bonds is 5. The van der Waals surface area contributed by atoms with E-state index in [9.17, 15) is 14.4 Å². The molecule has 0 saturated heterocycles. The molecule has 0 heterocycles. The molecule has 2 N–H and O–H groups in total. The highest BCUT2D eigenvalue weighted by atomic mass is 16.6. The number of carbonyl (C=O) groups excluding carboxylic acids is 3. The summed E-state index contributed by atoms with van der Waals surface area (Å²) in [6.07, 6.45) is -1.56. The number of anilines is 2. The van der Waals surface area contributed by atoms with E-state index in [1.54, 1.807) is 32.9 Å². The van der Waals surface area contributed by atoms with Crippen molar-refractivity contribution in [2.75, 3.05) is 10.6 Å². The molecule has 160 valence electrons. The van der Waals surface area contributed by atoms with E-state index in [0.29, 0.717) is 11.4 Å². The second-order valence-corrected chi connectivity index (χ2v) is 8.06. The third-order valence-electron chi connectivity index (χ3n) is 4.07. The van der Waals surface area contributed by atoms with Gasteiger partial charge in [0, 0.05) is 11.4 Å². The van der Waals surface area contributed by atoms with Gasteiger partial charge in [0.1, 0.15) is 5.60 Å². The fourth-order valence-corrected chi connectivity index (χ4v) is 2.50. The molecule has 0 radical (unpaired) electrons. The Balaban J connectivity index is 1.94. The molecule has 2 rings (SSSR count). The molecular formula is C23H28N2O5. The van der Waals surface area contributed by atoms with Crippen molar-refractivity contribution >= 4 is 29.3 Å². The fraction of sp³-hybridized carbons (Fsp3) is 0.348. The SMILES string of the molecule is Cc1ccc(C)c(NC(=O)[C@@H](C)OC(=O)c2ccc(NC(=O)OC(C)(C)C)cc2)c1. The normalized spacial score (nSPS) is 11.9. The Morgan fingerprint density at radius 2 is 1.57 bits per heavy atom. The van der Waals surface area contributed by atoms with Crippen molar-refractivity contribution in [3.63, 3.8) is 0 Å². The molecule has 2 aromatic rings. The van der Waals surface area contributed by atoms with E-state index in [4.69, 9.17) is 9.47 Å². The maximum Gasteiger partial charge on any atom is 0.412 e. The van der Waals surface area contributed by atoms with Gasteiger partial charge in [-0.15, -0.1) is 0 Å². The van der Waals surface area contributed by atoms with Gasteiger partial charge in [0.2, 0.25) is 0 Å². The summed E-state index contributed by atoms with van der Waals surface area (Å²) in [7, 11) is 0. The number of esters is 1. The summed E-state index contributed by atoms with van der Waals surface area (Å²) >= 11 is 0. The Bertz CT molecular complexity index is 930. The van der Waals surface area contributed by atoms with E-state index in [1.807, 2.05) is 32.0 Å². The average Bonchev–Trinajstić information content (AvgIpc) is 2.63. The standard InChI is InChI=1S/C23H28N2O5/c1-14-7-8-15(2)19(13-14)25-20(26)16(3)29-21(27)17-9-11-18(12-10-17)24-22(28)30-23(4,5)6/h7-13,16H,1-6H3,(H,24,28)(H,25,26)/t16-/m1/s1. The molecule has 7 nitrogen and oxygen atoms in total. The molecule has 0 aromatic heterocycles. The largest absolute Gasteiger partial charge is 0.449 e. The predicted molar refractivity (Wildman–Crippen MR) is 116 cm³/mol. The molecule has 0 spiro atoms. The Labute approximate surface area is 176 Å². The third-order valence-corrected chi connectivity index (χ3v) is 4.07. The van der Waals surface area contributed by atoms with Crippen LogP contribution in [0.25, 0.3) is 0 Å². The molecule has 0 unspecified atom stereocenters. The van der Waals surface area contributed by atoms with Crippen LogP contribution >= 0.6 is 0 Å². The number of amides is 2. The minimum Gasteiger partial charge on any atom is -0.449 e. The van der Waals surface area contributed by atoms with E-state index >= 15 is 0 Å². The van der Waals surface area contributed by atoms with Gasteiger partial charge < -0.3 is 14.8 Å². The van der Waals surface area contributed by atoms with E-state index in [2.05, 4.69) is 10.6 Å². The van der Waals surface area contributed by atoms with Crippen molar-refractivity contribution in [2.24, 2.45) is 0 Å². The highest BCUT2D eigenvalue weighted by molar-refractivity contribution is 5.98. The van der Waals surface area contributed by atoms with Gasteiger partial charge in [-0.05, 0) is 83.0 Å². The van der Waals surface area contributed by atoms with Gasteiger partial charge in [-0.1, -0.05) is 12.1 Å². The first-order valence-corrected chi connectivity index (χ1v) is 9.64. The van der Waals surface area contributed by atoms with Crippen molar-refractivity contribution in [2.45, 2.75) is 53.2 Å². The van der Waals surface area contributed by atoms with Crippen LogP contribution in [0.5, 0.6) is 0 Å². The third kappa shape index (κ3) is 6.92. The number of hydrogen-bond acceptors (Lipinski definition) is 5. The topological polar surface area (TPSA) is 93.7 Å². The monoisotopic (exact) mass is 412 g/mol. The Morgan fingerprint density at radius 3 is 2.17 bits per heavy atom. The number of benzene rings is 2. The molecule has 0 saturated carbocycles. The zero-order chi connectivity index (χ0) is 22.5. The molecule has 2 aromatic carbocycles. The number of hydrogen-bond donors (Lipinski definition) is 2. The summed E-state index contributed by atoms with van der Waals surface area (Å²) in [5, 5.41) is 5.36. The zero-order valence-corrected chi connectivity index (χ0v) is 18.2. The minimum absolute atomic E-state index is 0.260. The molecule has 1 atom stereocenters. The van der Waals surface area contributed by atoms with Gasteiger partial charge in [0.15, 0.2) is 6.10 Å². The van der Waals surface area contributed by atoms with Crippen LogP contribution in [0.15, 0.2) is 42.5 Å². The lowest BCUT2D eigenvalue weighted by Gasteiger charge is -2.19. The molecule has 0 fully saturated rings. The van der Waals surface area contributed by atoms with Gasteiger partial charge >= 0.3 is 12.1 Å². The van der Waals surface area contributed by atoms with Gasteiger partial charge in [0.05, 0.1) is 5.56 Å². The van der Waals surface area contributed by atoms with E-state index in [-0.39, 0.29) is 5.56 Å². The maximum absolute atomic E-state index is 12.4. The summed E-state index contributed by atoms with van der Waals surface area (Å²) < 4.78 is 10.4. The second kappa shape index (κ2) is 9.43. The molecule has 0 aliphatic carbocycles. The summed E-state index contributed by atoms with van der Waals surface area (Å²) in [6.45, 7) is 10.6. The second-order valence-electron chi connectivity index (χ2n) is 8.06. The molecule has 0 bridgehead atoms. The molecule has 7 heteroatoms. The van der Waals surface area contributed by atoms with Crippen LogP contribution < -0.4 is 10.6 Å². The maximum atomic E-state index is 12.4. The van der Waals surface area contributed by atoms with Gasteiger partial charge in [-0.25, -0.2) is 9.59 Å². The summed E-state index contributed by atoms with van der Waals surface area (Å²) in [4.78, 5) is 36.5. The smallest absolute Gasteiger partial charge is 0.412 e. The van der Waals surface area contributed by atoms with E-state index in [1.165, 1.54) is 19.1 Å². The van der Waals surface area contributed by atoms with Gasteiger partial charge in [-0.3, -0.25) is 10.1 Å². The number of aryl methyl sites for hydroxylation is 2. The summed E-state index contributed by atoms with van der Waals surface area (Å²) in [5.74, 6) is -1.05. The first kappa shape index (κ1) is 22.9. The molecule has 2 amide bonds. The highest BCUT2D eigenvalue weighted by Crippen LogP contribution is 2.18. The van der Waals surface area contributed by atoms with Crippen LogP contribution in [0.3, 0.4) is 0 Å². The number of ether oxygens (including phenoxy) is 2. The first-order chi connectivity index (χ1) is 13.9. The molecule has 0 aliphatic heterocycles. The quantitative estimate of drug-likeness (QED) is 0.686. The van der Waals surface area contributed by atoms with Crippen molar-refractivity contribution < 1.29 is 23.9 Å². The average molecular weight is 412 g/mol. The van der Waals surface area contributed by atoms with Crippen molar-refractivity contribution in [3.05, 3.63) is 59.2 Å². The van der Waals surface area contributed by atoms with Crippen LogP contribution in [0.2, 0.25) is 0 Å². The summed E-state index contributed by atoms with van der Waals surface area (Å²) in [5.41, 5.74) is 2.74. The van der Waals surface area contributed by atoms with Crippen molar-refractivity contribution in [3.8, 4) is 0 Å². The van der Waals surface area contributed by atoms with Crippen molar-refractivity contribution in [1.82, 2.24) is 0 Å². The van der Waals surface area contributed by atoms with E-state index in [0.717, 1.165) is 11.1 Å². The van der Waals surface area contributed by atoms with Crippen LogP contribution in [0.1, 0.15) is 49.2 Å². The lowest BCUT2D eigenvalue weighted by Crippen LogP contribution is -2.30. The summed E-state index contributed by atoms with van der Waals surface area (Å²) in [6, 6.07) is 11.8. The molecular weight excluding hydrogens is 384 g/mol. The van der Waals surface area contributed by atoms with E-state index < -0.39 is 29.7 Å². The number of nitrogens with one attached hydrogen (secondary N) is 2. The van der Waals surface area contributed by atoms with Crippen LogP contribution in [-0.2, 0) is 14.3 Å². The van der Waals surface area contributed by atoms with Crippen LogP contribution in [-0.4, -0.2) is 29.7 Å². The molecule has 0 aliphatic rings. The molecule has 30 heavy (non-hydrogen) atoms. The van der Waals surface area contributed by atoms with Crippen LogP contribution in [0, 0.1) is 13.8 Å². The highest BCUT2D eigenvalue weighted by Gasteiger charge is 2.20. The van der Waals surface area contributed by atoms with Crippen molar-refractivity contribution in [1.29, 1.82) is 0 Å².